The number of nitrogens with zero attached hydrogens (tertiary/aromatic N) is 2. The van der Waals surface area contributed by atoms with Crippen LogP contribution in [0.15, 0.2) is 59.4 Å². The van der Waals surface area contributed by atoms with Crippen molar-refractivity contribution in [2.24, 2.45) is 0 Å². The molecule has 2 aromatic heterocycles. The third-order valence-corrected chi connectivity index (χ3v) is 3.70. The molecule has 0 saturated carbocycles. The average molecular weight is 295 g/mol. The molecule has 0 fully saturated rings. The van der Waals surface area contributed by atoms with Crippen molar-refractivity contribution < 1.29 is 8.91 Å². The third kappa shape index (κ3) is 1.70. The van der Waals surface area contributed by atoms with Gasteiger partial charge in [-0.1, -0.05) is 22.0 Å². The van der Waals surface area contributed by atoms with Gasteiger partial charge in [0, 0.05) is 17.1 Å². The molecular formula is C16H12FN4O+. The molecule has 0 aliphatic heterocycles. The number of nitrogens with one attached hydrogen (secondary N) is 1. The lowest BCUT2D eigenvalue weighted by atomic mass is 10.2. The van der Waals surface area contributed by atoms with E-state index in [-0.39, 0.29) is 11.4 Å². The van der Waals surface area contributed by atoms with Gasteiger partial charge in [0.25, 0.3) is 0 Å². The standard InChI is InChI=1S/C16H11FN4O/c17-10-5-7-11(8-6-10)20-16(22)15-9-13(18)12-3-1-2-4-14(12)21(15)19-20/h1-9,18-19H/p+1. The summed E-state index contributed by atoms with van der Waals surface area (Å²) >= 11 is 0. The van der Waals surface area contributed by atoms with Crippen molar-refractivity contribution in [1.82, 2.24) is 9.90 Å². The van der Waals surface area contributed by atoms with Crippen LogP contribution in [0.3, 0.4) is 0 Å². The number of nitrogen functional groups attached to an aromatic ring is 1. The number of fused-ring (bicyclic) bond motifs is 3. The van der Waals surface area contributed by atoms with E-state index in [1.807, 2.05) is 24.3 Å². The molecule has 22 heavy (non-hydrogen) atoms. The Morgan fingerprint density at radius 2 is 1.77 bits per heavy atom. The lowest BCUT2D eigenvalue weighted by molar-refractivity contribution is -0.555. The topological polar surface area (TPSA) is 67.9 Å². The molecule has 0 saturated heterocycles. The zero-order valence-electron chi connectivity index (χ0n) is 11.5. The van der Waals surface area contributed by atoms with Crippen LogP contribution in [-0.4, -0.2) is 9.90 Å². The van der Waals surface area contributed by atoms with Gasteiger partial charge in [-0.15, -0.1) is 4.52 Å². The molecule has 4 aromatic rings. The lowest BCUT2D eigenvalue weighted by Gasteiger charge is -1.98. The third-order valence-electron chi connectivity index (χ3n) is 3.70. The van der Waals surface area contributed by atoms with E-state index >= 15 is 0 Å². The van der Waals surface area contributed by atoms with Crippen LogP contribution < -0.4 is 15.8 Å². The van der Waals surface area contributed by atoms with E-state index in [4.69, 9.17) is 5.73 Å². The van der Waals surface area contributed by atoms with E-state index in [1.165, 1.54) is 28.9 Å². The first kappa shape index (κ1) is 12.6. The minimum Gasteiger partial charge on any atom is -0.398 e. The quantitative estimate of drug-likeness (QED) is 0.526. The molecule has 6 heteroatoms. The number of halogens is 1. The second-order valence-electron chi connectivity index (χ2n) is 5.05. The van der Waals surface area contributed by atoms with Crippen LogP contribution in [0.4, 0.5) is 10.1 Å². The summed E-state index contributed by atoms with van der Waals surface area (Å²) in [5.41, 5.74) is 8.11. The Kier molecular flexibility index (Phi) is 2.53. The summed E-state index contributed by atoms with van der Waals surface area (Å²) in [6.45, 7) is 0. The molecular weight excluding hydrogens is 283 g/mol. The van der Waals surface area contributed by atoms with Gasteiger partial charge < -0.3 is 5.73 Å². The summed E-state index contributed by atoms with van der Waals surface area (Å²) in [4.78, 5) is 12.6. The maximum Gasteiger partial charge on any atom is 0.406 e. The summed E-state index contributed by atoms with van der Waals surface area (Å²) in [7, 11) is 0. The fraction of sp³-hybridized carbons (Fsp3) is 0. The molecule has 108 valence electrons. The largest absolute Gasteiger partial charge is 0.406 e. The van der Waals surface area contributed by atoms with Crippen LogP contribution >= 0.6 is 0 Å². The van der Waals surface area contributed by atoms with Crippen LogP contribution in [0.5, 0.6) is 0 Å². The zero-order valence-corrected chi connectivity index (χ0v) is 11.5. The molecule has 0 unspecified atom stereocenters. The molecule has 0 radical (unpaired) electrons. The zero-order chi connectivity index (χ0) is 15.3. The van der Waals surface area contributed by atoms with Gasteiger partial charge in [0.1, 0.15) is 5.82 Å². The monoisotopic (exact) mass is 295 g/mol. The maximum atomic E-state index is 13.0. The van der Waals surface area contributed by atoms with Crippen LogP contribution in [0.25, 0.3) is 22.1 Å². The first-order valence-corrected chi connectivity index (χ1v) is 6.75. The second kappa shape index (κ2) is 4.42. The van der Waals surface area contributed by atoms with Crippen molar-refractivity contribution >= 4 is 22.1 Å². The van der Waals surface area contributed by atoms with Crippen molar-refractivity contribution in [3.63, 3.8) is 0 Å². The van der Waals surface area contributed by atoms with Gasteiger partial charge in [0.05, 0.1) is 0 Å². The Morgan fingerprint density at radius 3 is 2.55 bits per heavy atom. The Morgan fingerprint density at radius 1 is 1.05 bits per heavy atom. The highest BCUT2D eigenvalue weighted by molar-refractivity contribution is 5.89. The normalized spacial score (nSPS) is 11.3. The first-order chi connectivity index (χ1) is 10.6. The van der Waals surface area contributed by atoms with Crippen LogP contribution in [0.1, 0.15) is 0 Å². The van der Waals surface area contributed by atoms with E-state index in [1.54, 1.807) is 10.6 Å². The number of H-pyrrole nitrogens is 1. The molecule has 3 N–H and O–H groups in total. The minimum absolute atomic E-state index is 0.246. The van der Waals surface area contributed by atoms with Crippen molar-refractivity contribution in [2.45, 2.75) is 0 Å². The molecule has 2 heterocycles. The molecule has 0 bridgehead atoms. The van der Waals surface area contributed by atoms with Crippen molar-refractivity contribution in [2.75, 3.05) is 5.73 Å². The highest BCUT2D eigenvalue weighted by Crippen LogP contribution is 2.18. The summed E-state index contributed by atoms with van der Waals surface area (Å²) in [6.07, 6.45) is 0. The minimum atomic E-state index is -0.352. The van der Waals surface area contributed by atoms with E-state index in [0.29, 0.717) is 16.9 Å². The lowest BCUT2D eigenvalue weighted by Crippen LogP contribution is -2.26. The van der Waals surface area contributed by atoms with Gasteiger partial charge in [-0.25, -0.2) is 9.18 Å². The number of aromatic nitrogens is 3. The number of nitrogens with two attached hydrogens (primary N) is 1. The summed E-state index contributed by atoms with van der Waals surface area (Å²) in [5, 5.41) is 3.87. The van der Waals surface area contributed by atoms with Crippen molar-refractivity contribution in [3.05, 3.63) is 70.8 Å². The fourth-order valence-electron chi connectivity index (χ4n) is 2.62. The highest BCUT2D eigenvalue weighted by atomic mass is 19.1. The van der Waals surface area contributed by atoms with Crippen LogP contribution in [0, 0.1) is 5.82 Å². The maximum absolute atomic E-state index is 13.0. The van der Waals surface area contributed by atoms with Gasteiger partial charge in [-0.2, -0.15) is 0 Å². The number of pyridine rings is 1. The Bertz CT molecular complexity index is 1060. The number of aromatic amines is 1. The van der Waals surface area contributed by atoms with E-state index in [9.17, 15) is 9.18 Å². The number of hydrogen-bond donors (Lipinski definition) is 2. The number of benzene rings is 2. The van der Waals surface area contributed by atoms with E-state index in [2.05, 4.69) is 5.21 Å². The number of hydrogen-bond acceptors (Lipinski definition) is 2. The Labute approximate surface area is 124 Å². The average Bonchev–Trinajstić information content (AvgIpc) is 2.86. The molecule has 2 aromatic carbocycles. The van der Waals surface area contributed by atoms with Gasteiger partial charge in [-0.05, 0) is 36.4 Å². The van der Waals surface area contributed by atoms with E-state index in [0.717, 1.165) is 10.9 Å². The smallest absolute Gasteiger partial charge is 0.398 e. The predicted molar refractivity (Wildman–Crippen MR) is 81.4 cm³/mol. The SMILES string of the molecule is Nc1cc2c(=O)n(-c3ccc(F)cc3)[nH][n+]2c2ccccc12. The van der Waals surface area contributed by atoms with Gasteiger partial charge in [-0.3, -0.25) is 0 Å². The first-order valence-electron chi connectivity index (χ1n) is 6.75. The van der Waals surface area contributed by atoms with Crippen LogP contribution in [0.2, 0.25) is 0 Å². The molecule has 0 amide bonds. The highest BCUT2D eigenvalue weighted by Gasteiger charge is 2.20. The molecule has 4 rings (SSSR count). The Hall–Kier alpha value is -3.15. The number of para-hydroxylation sites is 1. The van der Waals surface area contributed by atoms with Crippen molar-refractivity contribution in [3.8, 4) is 5.69 Å². The Balaban J connectivity index is 2.11. The van der Waals surface area contributed by atoms with Gasteiger partial charge in [0.2, 0.25) is 5.52 Å². The van der Waals surface area contributed by atoms with Gasteiger partial charge in [0.15, 0.2) is 11.2 Å². The molecule has 0 spiro atoms. The van der Waals surface area contributed by atoms with E-state index < -0.39 is 0 Å². The van der Waals surface area contributed by atoms with Crippen molar-refractivity contribution in [1.29, 1.82) is 0 Å². The number of anilines is 1. The van der Waals surface area contributed by atoms with Gasteiger partial charge >= 0.3 is 5.56 Å². The molecule has 0 atom stereocenters. The molecule has 0 aliphatic rings. The predicted octanol–water partition coefficient (Wildman–Crippen LogP) is 1.78. The molecule has 0 aliphatic carbocycles. The summed E-state index contributed by atoms with van der Waals surface area (Å²) in [5.74, 6) is -0.352. The summed E-state index contributed by atoms with van der Waals surface area (Å²) in [6, 6.07) is 14.9. The number of rotatable bonds is 1. The second-order valence-corrected chi connectivity index (χ2v) is 5.05. The fourth-order valence-corrected chi connectivity index (χ4v) is 2.62. The summed E-state index contributed by atoms with van der Waals surface area (Å²) < 4.78 is 16.1. The van der Waals surface area contributed by atoms with Crippen LogP contribution in [-0.2, 0) is 0 Å². The molecule has 5 nitrogen and oxygen atoms in total.